The average Bonchev–Trinajstić information content (AvgIpc) is 2.68. The number of aromatic nitrogens is 2. The van der Waals surface area contributed by atoms with Crippen LogP contribution < -0.4 is 10.1 Å². The highest BCUT2D eigenvalue weighted by atomic mass is 19.4. The summed E-state index contributed by atoms with van der Waals surface area (Å²) >= 11 is 0. The first-order chi connectivity index (χ1) is 14.2. The summed E-state index contributed by atoms with van der Waals surface area (Å²) in [6.07, 6.45) is -3.62. The molecular weight excluding hydrogens is 403 g/mol. The molecule has 2 N–H and O–H groups in total. The first-order valence-electron chi connectivity index (χ1n) is 9.36. The van der Waals surface area contributed by atoms with Gasteiger partial charge in [0.15, 0.2) is 6.10 Å². The summed E-state index contributed by atoms with van der Waals surface area (Å²) in [6, 6.07) is 4.47. The predicted molar refractivity (Wildman–Crippen MR) is 104 cm³/mol. The Balaban J connectivity index is 2.47. The Bertz CT molecular complexity index is 844. The lowest BCUT2D eigenvalue weighted by molar-refractivity contribution is -0.215. The summed E-state index contributed by atoms with van der Waals surface area (Å²) in [6.45, 7) is 3.97. The maximum absolute atomic E-state index is 13.5. The van der Waals surface area contributed by atoms with Crippen LogP contribution in [0.25, 0.3) is 0 Å². The van der Waals surface area contributed by atoms with Gasteiger partial charge in [-0.1, -0.05) is 19.1 Å². The molecular formula is C20H24F3N3O4. The molecule has 2 rings (SSSR count). The molecule has 1 aromatic carbocycles. The summed E-state index contributed by atoms with van der Waals surface area (Å²) in [5.74, 6) is -1.33. The van der Waals surface area contributed by atoms with Crippen molar-refractivity contribution in [3.05, 3.63) is 41.7 Å². The summed E-state index contributed by atoms with van der Waals surface area (Å²) in [7, 11) is 0.981. The zero-order chi connectivity index (χ0) is 22.3. The maximum atomic E-state index is 13.5. The number of anilines is 2. The third-order valence-electron chi connectivity index (χ3n) is 4.46. The van der Waals surface area contributed by atoms with E-state index in [1.807, 2.05) is 6.92 Å². The molecule has 0 aliphatic heterocycles. The second kappa shape index (κ2) is 10.2. The molecule has 0 aliphatic carbocycles. The number of carboxylic acid groups (broad SMARTS) is 1. The molecule has 0 bridgehead atoms. The minimum atomic E-state index is -4.63. The fraction of sp³-hybridized carbons (Fsp3) is 0.450. The van der Waals surface area contributed by atoms with E-state index in [0.29, 0.717) is 24.3 Å². The predicted octanol–water partition coefficient (Wildman–Crippen LogP) is 4.84. The number of hydrogen-bond acceptors (Lipinski definition) is 6. The van der Waals surface area contributed by atoms with E-state index in [1.165, 1.54) is 30.6 Å². The van der Waals surface area contributed by atoms with E-state index in [2.05, 4.69) is 15.3 Å². The molecule has 30 heavy (non-hydrogen) atoms. The molecule has 0 fully saturated rings. The van der Waals surface area contributed by atoms with E-state index in [1.54, 1.807) is 6.92 Å². The van der Waals surface area contributed by atoms with Crippen LogP contribution in [-0.4, -0.2) is 40.9 Å². The van der Waals surface area contributed by atoms with Crippen LogP contribution in [0.4, 0.5) is 24.5 Å². The lowest BCUT2D eigenvalue weighted by Crippen LogP contribution is -2.23. The van der Waals surface area contributed by atoms with Gasteiger partial charge in [-0.05, 0) is 30.9 Å². The van der Waals surface area contributed by atoms with Crippen molar-refractivity contribution in [1.29, 1.82) is 0 Å². The Morgan fingerprint density at radius 1 is 1.23 bits per heavy atom. The molecule has 0 spiro atoms. The molecule has 0 saturated carbocycles. The van der Waals surface area contributed by atoms with E-state index in [4.69, 9.17) is 14.6 Å². The topological polar surface area (TPSA) is 93.6 Å². The van der Waals surface area contributed by atoms with E-state index in [0.717, 1.165) is 7.11 Å². The smallest absolute Gasteiger partial charge is 0.418 e. The largest absolute Gasteiger partial charge is 0.481 e. The first-order valence-corrected chi connectivity index (χ1v) is 9.36. The van der Waals surface area contributed by atoms with Crippen LogP contribution in [0, 0.1) is 0 Å². The summed E-state index contributed by atoms with van der Waals surface area (Å²) in [4.78, 5) is 19.1. The third kappa shape index (κ3) is 6.06. The Morgan fingerprint density at radius 3 is 2.40 bits per heavy atom. The highest BCUT2D eigenvalue weighted by Gasteiger charge is 2.42. The average molecular weight is 427 g/mol. The number of halogens is 3. The standard InChI is InChI=1S/C20H24F3N3O4/c1-4-12(9-17(27)28)13-6-7-15(18(29-3)20(21,22)23)16(8-13)26-14-10-24-19(25-11-14)30-5-2/h6-8,10-12,18,26H,4-5,9H2,1-3H3,(H,27,28)/t12-,18-/m1/s1. The van der Waals surface area contributed by atoms with Gasteiger partial charge in [-0.15, -0.1) is 0 Å². The molecule has 2 aromatic rings. The highest BCUT2D eigenvalue weighted by molar-refractivity contribution is 5.69. The number of carboxylic acids is 1. The first kappa shape index (κ1) is 23.4. The highest BCUT2D eigenvalue weighted by Crippen LogP contribution is 2.41. The molecule has 2 atom stereocenters. The number of aliphatic carboxylic acids is 1. The monoisotopic (exact) mass is 427 g/mol. The minimum absolute atomic E-state index is 0.131. The van der Waals surface area contributed by atoms with E-state index in [-0.39, 0.29) is 29.6 Å². The van der Waals surface area contributed by atoms with Gasteiger partial charge in [-0.2, -0.15) is 13.2 Å². The summed E-state index contributed by atoms with van der Waals surface area (Å²) in [5.41, 5.74) is 0.955. The molecule has 0 saturated heterocycles. The Kier molecular flexibility index (Phi) is 7.99. The number of benzene rings is 1. The fourth-order valence-corrected chi connectivity index (χ4v) is 3.05. The van der Waals surface area contributed by atoms with E-state index in [9.17, 15) is 18.0 Å². The summed E-state index contributed by atoms with van der Waals surface area (Å²) in [5, 5.41) is 12.0. The molecule has 0 unspecified atom stereocenters. The lowest BCUT2D eigenvalue weighted by atomic mass is 9.91. The van der Waals surface area contributed by atoms with Crippen LogP contribution in [0.3, 0.4) is 0 Å². The van der Waals surface area contributed by atoms with Crippen molar-refractivity contribution in [3.63, 3.8) is 0 Å². The van der Waals surface area contributed by atoms with E-state index < -0.39 is 18.2 Å². The van der Waals surface area contributed by atoms with Crippen molar-refractivity contribution < 1.29 is 32.5 Å². The van der Waals surface area contributed by atoms with Crippen LogP contribution in [0.15, 0.2) is 30.6 Å². The Hall–Kier alpha value is -2.88. The van der Waals surface area contributed by atoms with Crippen LogP contribution in [0.2, 0.25) is 0 Å². The SMILES string of the molecule is CCOc1ncc(Nc2cc([C@H](CC)CC(=O)O)ccc2[C@@H](OC)C(F)(F)F)cn1. The van der Waals surface area contributed by atoms with E-state index >= 15 is 0 Å². The summed E-state index contributed by atoms with van der Waals surface area (Å²) < 4.78 is 50.3. The lowest BCUT2D eigenvalue weighted by Gasteiger charge is -2.24. The van der Waals surface area contributed by atoms with Crippen molar-refractivity contribution in [2.75, 3.05) is 19.0 Å². The number of carbonyl (C=O) groups is 1. The molecule has 10 heteroatoms. The second-order valence-corrected chi connectivity index (χ2v) is 6.52. The fourth-order valence-electron chi connectivity index (χ4n) is 3.05. The van der Waals surface area contributed by atoms with Crippen molar-refractivity contribution in [1.82, 2.24) is 9.97 Å². The number of alkyl halides is 3. The van der Waals surface area contributed by atoms with Crippen LogP contribution in [-0.2, 0) is 9.53 Å². The molecule has 0 radical (unpaired) electrons. The zero-order valence-corrected chi connectivity index (χ0v) is 16.9. The number of nitrogens with zero attached hydrogens (tertiary/aromatic N) is 2. The van der Waals surface area contributed by atoms with Gasteiger partial charge in [0.1, 0.15) is 0 Å². The van der Waals surface area contributed by atoms with Crippen LogP contribution in [0.5, 0.6) is 6.01 Å². The van der Waals surface area contributed by atoms with Crippen molar-refractivity contribution >= 4 is 17.3 Å². The Morgan fingerprint density at radius 2 is 1.90 bits per heavy atom. The number of nitrogens with one attached hydrogen (secondary N) is 1. The number of hydrogen-bond donors (Lipinski definition) is 2. The van der Waals surface area contributed by atoms with Gasteiger partial charge in [0, 0.05) is 18.4 Å². The quantitative estimate of drug-likeness (QED) is 0.560. The number of ether oxygens (including phenoxy) is 2. The maximum Gasteiger partial charge on any atom is 0.418 e. The molecule has 7 nitrogen and oxygen atoms in total. The molecule has 164 valence electrons. The second-order valence-electron chi connectivity index (χ2n) is 6.52. The van der Waals surface area contributed by atoms with Gasteiger partial charge < -0.3 is 19.9 Å². The zero-order valence-electron chi connectivity index (χ0n) is 16.9. The number of methoxy groups -OCH3 is 1. The third-order valence-corrected chi connectivity index (χ3v) is 4.46. The number of rotatable bonds is 10. The van der Waals surface area contributed by atoms with Gasteiger partial charge in [0.2, 0.25) is 0 Å². The normalized spacial score (nSPS) is 13.5. The molecule has 1 heterocycles. The van der Waals surface area contributed by atoms with Gasteiger partial charge in [0.05, 0.1) is 31.1 Å². The minimum Gasteiger partial charge on any atom is -0.481 e. The van der Waals surface area contributed by atoms with Gasteiger partial charge >= 0.3 is 18.2 Å². The van der Waals surface area contributed by atoms with Gasteiger partial charge in [-0.25, -0.2) is 9.97 Å². The molecule has 1 aromatic heterocycles. The Labute approximate surface area is 172 Å². The van der Waals surface area contributed by atoms with Gasteiger partial charge in [-0.3, -0.25) is 4.79 Å². The van der Waals surface area contributed by atoms with Crippen molar-refractivity contribution in [2.45, 2.75) is 44.9 Å². The van der Waals surface area contributed by atoms with Crippen molar-refractivity contribution in [2.24, 2.45) is 0 Å². The van der Waals surface area contributed by atoms with Crippen LogP contribution >= 0.6 is 0 Å². The van der Waals surface area contributed by atoms with Crippen molar-refractivity contribution in [3.8, 4) is 6.01 Å². The molecule has 0 aliphatic rings. The molecule has 0 amide bonds. The van der Waals surface area contributed by atoms with Crippen LogP contribution in [0.1, 0.15) is 49.8 Å². The van der Waals surface area contributed by atoms with Gasteiger partial charge in [0.25, 0.3) is 0 Å².